The van der Waals surface area contributed by atoms with Gasteiger partial charge in [0.05, 0.1) is 6.54 Å². The van der Waals surface area contributed by atoms with Crippen LogP contribution < -0.4 is 0 Å². The molecule has 0 fully saturated rings. The van der Waals surface area contributed by atoms with E-state index in [1.807, 2.05) is 12.2 Å². The van der Waals surface area contributed by atoms with Crippen molar-refractivity contribution in [3.63, 3.8) is 0 Å². The van der Waals surface area contributed by atoms with Gasteiger partial charge in [-0.1, -0.05) is 89.4 Å². The van der Waals surface area contributed by atoms with Crippen molar-refractivity contribution in [2.45, 2.75) is 84.0 Å². The van der Waals surface area contributed by atoms with Crippen molar-refractivity contribution in [3.05, 3.63) is 24.3 Å². The molecule has 1 aliphatic rings. The molecule has 22 heavy (non-hydrogen) atoms. The van der Waals surface area contributed by atoms with E-state index in [-0.39, 0.29) is 0 Å². The Hall–Kier alpha value is -1.05. The maximum atomic E-state index is 5.30. The van der Waals surface area contributed by atoms with Crippen molar-refractivity contribution in [3.8, 4) is 0 Å². The van der Waals surface area contributed by atoms with Crippen molar-refractivity contribution >= 4 is 5.90 Å². The maximum absolute atomic E-state index is 5.30. The van der Waals surface area contributed by atoms with Crippen molar-refractivity contribution in [2.24, 2.45) is 4.99 Å². The highest BCUT2D eigenvalue weighted by molar-refractivity contribution is 5.88. The number of aliphatic imine (C=N–C) groups is 1. The van der Waals surface area contributed by atoms with Crippen LogP contribution in [0.25, 0.3) is 0 Å². The molecule has 0 spiro atoms. The van der Waals surface area contributed by atoms with E-state index in [1.165, 1.54) is 77.0 Å². The van der Waals surface area contributed by atoms with Gasteiger partial charge >= 0.3 is 0 Å². The van der Waals surface area contributed by atoms with Gasteiger partial charge in [0, 0.05) is 0 Å². The van der Waals surface area contributed by atoms with Crippen LogP contribution in [0.4, 0.5) is 0 Å². The number of unbranched alkanes of at least 4 members (excludes halogenated alkanes) is 11. The van der Waals surface area contributed by atoms with Crippen molar-refractivity contribution in [1.29, 1.82) is 0 Å². The second-order valence-corrected chi connectivity index (χ2v) is 6.18. The van der Waals surface area contributed by atoms with Crippen LogP contribution in [0.3, 0.4) is 0 Å². The van der Waals surface area contributed by atoms with Crippen molar-refractivity contribution in [2.75, 3.05) is 13.2 Å². The molecular formula is C20H35NO. The number of rotatable bonds is 14. The van der Waals surface area contributed by atoms with Crippen LogP contribution in [0.5, 0.6) is 0 Å². The fraction of sp³-hybridized carbons (Fsp3) is 0.750. The molecule has 0 amide bonds. The summed E-state index contributed by atoms with van der Waals surface area (Å²) in [5, 5.41) is 0. The summed E-state index contributed by atoms with van der Waals surface area (Å²) in [4.78, 5) is 4.21. The summed E-state index contributed by atoms with van der Waals surface area (Å²) < 4.78 is 5.30. The molecule has 0 bridgehead atoms. The lowest BCUT2D eigenvalue weighted by atomic mass is 10.1. The summed E-state index contributed by atoms with van der Waals surface area (Å²) in [6, 6.07) is 0. The Morgan fingerprint density at radius 3 is 2.09 bits per heavy atom. The van der Waals surface area contributed by atoms with Crippen molar-refractivity contribution < 1.29 is 4.74 Å². The van der Waals surface area contributed by atoms with Crippen molar-refractivity contribution in [1.82, 2.24) is 0 Å². The van der Waals surface area contributed by atoms with E-state index < -0.39 is 0 Å². The van der Waals surface area contributed by atoms with Crippen LogP contribution in [-0.4, -0.2) is 19.0 Å². The van der Waals surface area contributed by atoms with Gasteiger partial charge in [-0.3, -0.25) is 0 Å². The molecule has 0 N–H and O–H groups in total. The Labute approximate surface area is 137 Å². The summed E-state index contributed by atoms with van der Waals surface area (Å²) in [5.41, 5.74) is 0. The predicted molar refractivity (Wildman–Crippen MR) is 97.6 cm³/mol. The summed E-state index contributed by atoms with van der Waals surface area (Å²) in [7, 11) is 0. The summed E-state index contributed by atoms with van der Waals surface area (Å²) in [5.74, 6) is 0.777. The average molecular weight is 306 g/mol. The molecule has 0 aromatic heterocycles. The van der Waals surface area contributed by atoms with E-state index in [9.17, 15) is 0 Å². The number of allylic oxidation sites excluding steroid dienone is 3. The Kier molecular flexibility index (Phi) is 12.8. The van der Waals surface area contributed by atoms with E-state index in [0.717, 1.165) is 19.0 Å². The first-order valence-electron chi connectivity index (χ1n) is 9.44. The fourth-order valence-corrected chi connectivity index (χ4v) is 2.69. The standard InChI is InChI=1S/C20H35NO/c1-2-3-4-5-6-7-8-9-10-11-12-13-14-15-16-17-20-21-18-19-22-20/h14-17H,2-13,18-19H2,1H3/b15-14+,17-16+. The molecule has 1 aliphatic heterocycles. The van der Waals surface area contributed by atoms with E-state index >= 15 is 0 Å². The first kappa shape index (κ1) is 19.0. The molecule has 0 radical (unpaired) electrons. The minimum atomic E-state index is 0.738. The third kappa shape index (κ3) is 11.6. The van der Waals surface area contributed by atoms with Crippen LogP contribution in [0, 0.1) is 0 Å². The summed E-state index contributed by atoms with van der Waals surface area (Å²) >= 11 is 0. The molecule has 2 nitrogen and oxygen atoms in total. The zero-order chi connectivity index (χ0) is 15.7. The number of nitrogens with zero attached hydrogens (tertiary/aromatic N) is 1. The van der Waals surface area contributed by atoms with E-state index in [1.54, 1.807) is 0 Å². The van der Waals surface area contributed by atoms with Crippen LogP contribution in [0.15, 0.2) is 29.3 Å². The molecule has 0 atom stereocenters. The Bertz CT molecular complexity index is 331. The first-order chi connectivity index (χ1) is 10.9. The second kappa shape index (κ2) is 14.9. The molecular weight excluding hydrogens is 270 g/mol. The normalized spacial score (nSPS) is 14.9. The van der Waals surface area contributed by atoms with Crippen LogP contribution in [0.2, 0.25) is 0 Å². The molecule has 1 rings (SSSR count). The number of hydrogen-bond donors (Lipinski definition) is 0. The predicted octanol–water partition coefficient (Wildman–Crippen LogP) is 6.23. The van der Waals surface area contributed by atoms with Gasteiger partial charge in [-0.05, 0) is 18.9 Å². The van der Waals surface area contributed by atoms with Crippen LogP contribution in [-0.2, 0) is 4.74 Å². The average Bonchev–Trinajstić information content (AvgIpc) is 3.04. The zero-order valence-electron chi connectivity index (χ0n) is 14.6. The third-order valence-corrected chi connectivity index (χ3v) is 4.07. The van der Waals surface area contributed by atoms with Gasteiger partial charge in [-0.15, -0.1) is 0 Å². The Balaban J connectivity index is 1.77. The molecule has 0 saturated carbocycles. The highest BCUT2D eigenvalue weighted by Crippen LogP contribution is 2.12. The lowest BCUT2D eigenvalue weighted by Crippen LogP contribution is -1.92. The lowest BCUT2D eigenvalue weighted by molar-refractivity contribution is 0.350. The van der Waals surface area contributed by atoms with Gasteiger partial charge < -0.3 is 4.74 Å². The SMILES string of the molecule is CCCCCCCCCCCCC/C=C/C=C/C1=NCCO1. The second-order valence-electron chi connectivity index (χ2n) is 6.18. The molecule has 0 aromatic carbocycles. The maximum Gasteiger partial charge on any atom is 0.208 e. The summed E-state index contributed by atoms with van der Waals surface area (Å²) in [6.07, 6.45) is 25.0. The monoisotopic (exact) mass is 305 g/mol. The minimum absolute atomic E-state index is 0.738. The molecule has 2 heteroatoms. The number of ether oxygens (including phenoxy) is 1. The van der Waals surface area contributed by atoms with Gasteiger partial charge in [-0.2, -0.15) is 0 Å². The first-order valence-corrected chi connectivity index (χ1v) is 9.44. The molecule has 0 aromatic rings. The smallest absolute Gasteiger partial charge is 0.208 e. The van der Waals surface area contributed by atoms with Crippen LogP contribution >= 0.6 is 0 Å². The quantitative estimate of drug-likeness (QED) is 0.275. The van der Waals surface area contributed by atoms with E-state index in [0.29, 0.717) is 0 Å². The minimum Gasteiger partial charge on any atom is -0.476 e. The molecule has 0 unspecified atom stereocenters. The van der Waals surface area contributed by atoms with E-state index in [4.69, 9.17) is 4.74 Å². The van der Waals surface area contributed by atoms with Gasteiger partial charge in [0.25, 0.3) is 0 Å². The molecule has 0 saturated heterocycles. The third-order valence-electron chi connectivity index (χ3n) is 4.07. The van der Waals surface area contributed by atoms with E-state index in [2.05, 4.69) is 24.1 Å². The Morgan fingerprint density at radius 2 is 1.50 bits per heavy atom. The van der Waals surface area contributed by atoms with Gasteiger partial charge in [0.2, 0.25) is 5.90 Å². The van der Waals surface area contributed by atoms with Gasteiger partial charge in [-0.25, -0.2) is 4.99 Å². The largest absolute Gasteiger partial charge is 0.476 e. The number of hydrogen-bond acceptors (Lipinski definition) is 2. The van der Waals surface area contributed by atoms with Gasteiger partial charge in [0.1, 0.15) is 6.61 Å². The molecule has 1 heterocycles. The highest BCUT2D eigenvalue weighted by Gasteiger charge is 2.00. The van der Waals surface area contributed by atoms with Crippen LogP contribution in [0.1, 0.15) is 84.0 Å². The zero-order valence-corrected chi connectivity index (χ0v) is 14.6. The molecule has 126 valence electrons. The topological polar surface area (TPSA) is 21.6 Å². The van der Waals surface area contributed by atoms with Gasteiger partial charge in [0.15, 0.2) is 0 Å². The Morgan fingerprint density at radius 1 is 0.864 bits per heavy atom. The highest BCUT2D eigenvalue weighted by atomic mass is 16.5. The summed E-state index contributed by atoms with van der Waals surface area (Å²) in [6.45, 7) is 3.83. The fourth-order valence-electron chi connectivity index (χ4n) is 2.69. The lowest BCUT2D eigenvalue weighted by Gasteiger charge is -2.01. The molecule has 0 aliphatic carbocycles.